The van der Waals surface area contributed by atoms with Crippen molar-refractivity contribution in [1.29, 1.82) is 0 Å². The van der Waals surface area contributed by atoms with Crippen molar-refractivity contribution in [3.63, 3.8) is 0 Å². The second-order valence-electron chi connectivity index (χ2n) is 6.56. The number of nitrogens with zero attached hydrogens (tertiary/aromatic N) is 3. The highest BCUT2D eigenvalue weighted by Crippen LogP contribution is 2.31. The number of nitrogens with one attached hydrogen (secondary N) is 2. The Bertz CT molecular complexity index is 896. The lowest BCUT2D eigenvalue weighted by Crippen LogP contribution is -2.44. The molecule has 8 heteroatoms. The third kappa shape index (κ3) is 4.70. The van der Waals surface area contributed by atoms with E-state index in [1.165, 1.54) is 4.70 Å². The van der Waals surface area contributed by atoms with Crippen molar-refractivity contribution < 1.29 is 9.15 Å². The molecule has 3 aromatic rings. The van der Waals surface area contributed by atoms with E-state index in [1.54, 1.807) is 18.4 Å². The van der Waals surface area contributed by atoms with Crippen LogP contribution in [-0.4, -0.2) is 62.3 Å². The summed E-state index contributed by atoms with van der Waals surface area (Å²) in [5, 5.41) is 7.55. The third-order valence-corrected chi connectivity index (χ3v) is 5.70. The summed E-state index contributed by atoms with van der Waals surface area (Å²) < 4.78 is 12.5. The average Bonchev–Trinajstić information content (AvgIpc) is 3.38. The summed E-state index contributed by atoms with van der Waals surface area (Å²) in [5.41, 5.74) is 1.00. The van der Waals surface area contributed by atoms with Crippen LogP contribution in [0.25, 0.3) is 21.0 Å². The molecule has 0 unspecified atom stereocenters. The average molecular weight is 400 g/mol. The Morgan fingerprint density at radius 3 is 2.86 bits per heavy atom. The van der Waals surface area contributed by atoms with Gasteiger partial charge in [0.05, 0.1) is 30.0 Å². The van der Waals surface area contributed by atoms with E-state index >= 15 is 0 Å². The summed E-state index contributed by atoms with van der Waals surface area (Å²) in [7, 11) is 1.78. The molecule has 0 saturated carbocycles. The molecule has 4 rings (SSSR count). The summed E-state index contributed by atoms with van der Waals surface area (Å²) in [6.07, 6.45) is 0. The predicted molar refractivity (Wildman–Crippen MR) is 113 cm³/mol. The fourth-order valence-corrected chi connectivity index (χ4v) is 4.04. The van der Waals surface area contributed by atoms with E-state index < -0.39 is 0 Å². The van der Waals surface area contributed by atoms with E-state index in [0.717, 1.165) is 67.4 Å². The molecule has 28 heavy (non-hydrogen) atoms. The second kappa shape index (κ2) is 9.18. The minimum Gasteiger partial charge on any atom is -0.457 e. The number of fused-ring (bicyclic) bond motifs is 1. The van der Waals surface area contributed by atoms with Crippen LogP contribution in [0.3, 0.4) is 0 Å². The molecule has 7 nitrogen and oxygen atoms in total. The molecule has 2 aromatic heterocycles. The smallest absolute Gasteiger partial charge is 0.191 e. The van der Waals surface area contributed by atoms with Crippen LogP contribution < -0.4 is 10.6 Å². The van der Waals surface area contributed by atoms with Crippen LogP contribution >= 0.6 is 11.3 Å². The predicted octanol–water partition coefficient (Wildman–Crippen LogP) is 2.55. The van der Waals surface area contributed by atoms with Gasteiger partial charge in [0, 0.05) is 33.2 Å². The topological polar surface area (TPSA) is 74.9 Å². The van der Waals surface area contributed by atoms with Gasteiger partial charge in [-0.15, -0.1) is 11.3 Å². The molecular weight excluding hydrogens is 374 g/mol. The lowest BCUT2D eigenvalue weighted by Gasteiger charge is -2.26. The molecule has 1 saturated heterocycles. The Balaban J connectivity index is 1.28. The monoisotopic (exact) mass is 399 g/mol. The molecule has 2 N–H and O–H groups in total. The molecule has 1 aliphatic rings. The molecule has 1 aromatic carbocycles. The molecule has 3 heterocycles. The summed E-state index contributed by atoms with van der Waals surface area (Å²) in [6.45, 7) is 6.03. The number of aromatic nitrogens is 1. The molecule has 0 atom stereocenters. The highest BCUT2D eigenvalue weighted by atomic mass is 32.1. The fourth-order valence-electron chi connectivity index (χ4n) is 3.11. The van der Waals surface area contributed by atoms with Gasteiger partial charge in [-0.3, -0.25) is 9.89 Å². The standard InChI is InChI=1S/C20H25N5O2S/c1-21-20(22-8-9-25-10-12-26-13-11-25)23-14-15-6-7-17(27-15)19-24-16-4-2-3-5-18(16)28-19/h2-7H,8-14H2,1H3,(H2,21,22,23). The number of hydrogen-bond acceptors (Lipinski definition) is 6. The van der Waals surface area contributed by atoms with E-state index in [1.807, 2.05) is 30.3 Å². The first-order valence-electron chi connectivity index (χ1n) is 9.51. The van der Waals surface area contributed by atoms with Crippen LogP contribution in [0.4, 0.5) is 0 Å². The lowest BCUT2D eigenvalue weighted by molar-refractivity contribution is 0.0389. The maximum Gasteiger partial charge on any atom is 0.191 e. The Morgan fingerprint density at radius 1 is 1.18 bits per heavy atom. The zero-order valence-electron chi connectivity index (χ0n) is 16.0. The number of rotatable bonds is 6. The molecule has 0 spiro atoms. The first-order valence-corrected chi connectivity index (χ1v) is 10.3. The number of thiazole rings is 1. The maximum absolute atomic E-state index is 5.97. The van der Waals surface area contributed by atoms with Crippen LogP contribution in [0.15, 0.2) is 45.8 Å². The van der Waals surface area contributed by atoms with Crippen LogP contribution in [0.1, 0.15) is 5.76 Å². The Morgan fingerprint density at radius 2 is 2.04 bits per heavy atom. The van der Waals surface area contributed by atoms with Gasteiger partial charge in [0.2, 0.25) is 0 Å². The summed E-state index contributed by atoms with van der Waals surface area (Å²) >= 11 is 1.64. The van der Waals surface area contributed by atoms with E-state index in [2.05, 4.69) is 31.6 Å². The zero-order valence-corrected chi connectivity index (χ0v) is 16.8. The number of guanidine groups is 1. The Labute approximate surface area is 168 Å². The van der Waals surface area contributed by atoms with Crippen molar-refractivity contribution in [2.75, 3.05) is 46.4 Å². The minimum atomic E-state index is 0.572. The quantitative estimate of drug-likeness (QED) is 0.490. The molecule has 1 fully saturated rings. The van der Waals surface area contributed by atoms with Gasteiger partial charge in [0.1, 0.15) is 5.76 Å². The van der Waals surface area contributed by atoms with Gasteiger partial charge in [-0.05, 0) is 24.3 Å². The van der Waals surface area contributed by atoms with Gasteiger partial charge < -0.3 is 19.8 Å². The van der Waals surface area contributed by atoms with E-state index in [-0.39, 0.29) is 0 Å². The first-order chi connectivity index (χ1) is 13.8. The third-order valence-electron chi connectivity index (χ3n) is 4.64. The first kappa shape index (κ1) is 18.9. The number of ether oxygens (including phenoxy) is 1. The highest BCUT2D eigenvalue weighted by molar-refractivity contribution is 7.21. The number of furan rings is 1. The highest BCUT2D eigenvalue weighted by Gasteiger charge is 2.12. The minimum absolute atomic E-state index is 0.572. The van der Waals surface area contributed by atoms with Crippen molar-refractivity contribution >= 4 is 27.5 Å². The molecule has 0 bridgehead atoms. The van der Waals surface area contributed by atoms with Crippen molar-refractivity contribution in [2.45, 2.75) is 6.54 Å². The fraction of sp³-hybridized carbons (Fsp3) is 0.400. The number of benzene rings is 1. The van der Waals surface area contributed by atoms with E-state index in [9.17, 15) is 0 Å². The van der Waals surface area contributed by atoms with Gasteiger partial charge in [0.15, 0.2) is 16.7 Å². The van der Waals surface area contributed by atoms with Crippen LogP contribution in [0, 0.1) is 0 Å². The second-order valence-corrected chi connectivity index (χ2v) is 7.59. The van der Waals surface area contributed by atoms with Crippen molar-refractivity contribution in [2.24, 2.45) is 4.99 Å². The van der Waals surface area contributed by atoms with E-state index in [0.29, 0.717) is 6.54 Å². The molecule has 0 radical (unpaired) electrons. The summed E-state index contributed by atoms with van der Waals surface area (Å²) in [5.74, 6) is 2.42. The Hall–Kier alpha value is -2.42. The van der Waals surface area contributed by atoms with Gasteiger partial charge in [0.25, 0.3) is 0 Å². The van der Waals surface area contributed by atoms with Crippen molar-refractivity contribution in [3.8, 4) is 10.8 Å². The number of aliphatic imine (C=N–C) groups is 1. The van der Waals surface area contributed by atoms with Crippen LogP contribution in [-0.2, 0) is 11.3 Å². The molecule has 0 amide bonds. The maximum atomic E-state index is 5.97. The summed E-state index contributed by atoms with van der Waals surface area (Å²) in [4.78, 5) is 11.3. The zero-order chi connectivity index (χ0) is 19.2. The van der Waals surface area contributed by atoms with Gasteiger partial charge in [-0.25, -0.2) is 4.98 Å². The normalized spacial score (nSPS) is 15.8. The number of morpholine rings is 1. The van der Waals surface area contributed by atoms with Crippen LogP contribution in [0.2, 0.25) is 0 Å². The largest absolute Gasteiger partial charge is 0.457 e. The summed E-state index contributed by atoms with van der Waals surface area (Å²) in [6, 6.07) is 12.1. The van der Waals surface area contributed by atoms with Crippen molar-refractivity contribution in [3.05, 3.63) is 42.2 Å². The van der Waals surface area contributed by atoms with E-state index in [4.69, 9.17) is 9.15 Å². The Kier molecular flexibility index (Phi) is 6.20. The molecule has 148 valence electrons. The molecule has 0 aliphatic carbocycles. The van der Waals surface area contributed by atoms with Crippen molar-refractivity contribution in [1.82, 2.24) is 20.5 Å². The van der Waals surface area contributed by atoms with Gasteiger partial charge >= 0.3 is 0 Å². The number of hydrogen-bond donors (Lipinski definition) is 2. The molecular formula is C20H25N5O2S. The molecule has 1 aliphatic heterocycles. The van der Waals surface area contributed by atoms with Gasteiger partial charge in [-0.1, -0.05) is 12.1 Å². The van der Waals surface area contributed by atoms with Gasteiger partial charge in [-0.2, -0.15) is 0 Å². The SMILES string of the molecule is CN=C(NCCN1CCOCC1)NCc1ccc(-c2nc3ccccc3s2)o1. The lowest BCUT2D eigenvalue weighted by atomic mass is 10.3. The van der Waals surface area contributed by atoms with Crippen LogP contribution in [0.5, 0.6) is 0 Å². The number of para-hydroxylation sites is 1.